The van der Waals surface area contributed by atoms with Crippen LogP contribution in [0.25, 0.3) is 0 Å². The molecule has 1 atom stereocenters. The van der Waals surface area contributed by atoms with Crippen LogP contribution in [-0.4, -0.2) is 49.3 Å². The predicted octanol–water partition coefficient (Wildman–Crippen LogP) is -0.138. The summed E-state index contributed by atoms with van der Waals surface area (Å²) in [7, 11) is 3.19. The second-order valence-electron chi connectivity index (χ2n) is 2.74. The summed E-state index contributed by atoms with van der Waals surface area (Å²) in [5, 5.41) is 9.25. The van der Waals surface area contributed by atoms with E-state index in [4.69, 9.17) is 4.74 Å². The highest BCUT2D eigenvalue weighted by Gasteiger charge is 2.11. The summed E-state index contributed by atoms with van der Waals surface area (Å²) in [6.45, 7) is 2.39. The molecule has 0 aromatic rings. The Morgan fingerprint density at radius 2 is 2.25 bits per heavy atom. The van der Waals surface area contributed by atoms with E-state index in [0.29, 0.717) is 13.0 Å². The minimum Gasteiger partial charge on any atom is -0.389 e. The predicted molar refractivity (Wildman–Crippen MR) is 45.8 cm³/mol. The number of ether oxygens (including phenoxy) is 1. The van der Waals surface area contributed by atoms with Crippen molar-refractivity contribution in [3.8, 4) is 0 Å². The molecule has 1 amide bonds. The smallest absolute Gasteiger partial charge is 0.222 e. The van der Waals surface area contributed by atoms with E-state index >= 15 is 0 Å². The molecule has 0 fully saturated rings. The van der Waals surface area contributed by atoms with E-state index in [0.717, 1.165) is 0 Å². The van der Waals surface area contributed by atoms with Crippen LogP contribution in [0, 0.1) is 0 Å². The topological polar surface area (TPSA) is 49.8 Å². The minimum atomic E-state index is -0.588. The Morgan fingerprint density at radius 3 is 2.67 bits per heavy atom. The zero-order chi connectivity index (χ0) is 9.56. The maximum Gasteiger partial charge on any atom is 0.222 e. The van der Waals surface area contributed by atoms with Gasteiger partial charge in [0.25, 0.3) is 0 Å². The van der Waals surface area contributed by atoms with Crippen molar-refractivity contribution >= 4 is 5.91 Å². The van der Waals surface area contributed by atoms with Crippen LogP contribution in [0.2, 0.25) is 0 Å². The number of rotatable bonds is 5. The van der Waals surface area contributed by atoms with Crippen LogP contribution >= 0.6 is 0 Å². The van der Waals surface area contributed by atoms with Gasteiger partial charge in [0.1, 0.15) is 0 Å². The Labute approximate surface area is 73.1 Å². The van der Waals surface area contributed by atoms with Gasteiger partial charge >= 0.3 is 0 Å². The first-order chi connectivity index (χ1) is 5.61. The standard InChI is InChI=1S/C8H17NO3/c1-4-8(11)9(2)5-7(10)6-12-3/h7,10H,4-6H2,1-3H3. The van der Waals surface area contributed by atoms with Gasteiger partial charge in [0.15, 0.2) is 0 Å². The van der Waals surface area contributed by atoms with E-state index in [1.165, 1.54) is 12.0 Å². The van der Waals surface area contributed by atoms with Crippen LogP contribution in [0.1, 0.15) is 13.3 Å². The molecule has 1 N–H and O–H groups in total. The largest absolute Gasteiger partial charge is 0.389 e. The summed E-state index contributed by atoms with van der Waals surface area (Å²) < 4.78 is 4.73. The number of likely N-dealkylation sites (N-methyl/N-ethyl adjacent to an activating group) is 1. The summed E-state index contributed by atoms with van der Waals surface area (Å²) in [6.07, 6.45) is -0.119. The molecule has 0 saturated carbocycles. The lowest BCUT2D eigenvalue weighted by atomic mass is 10.3. The highest BCUT2D eigenvalue weighted by Crippen LogP contribution is 1.93. The van der Waals surface area contributed by atoms with Crippen LogP contribution in [0.15, 0.2) is 0 Å². The lowest BCUT2D eigenvalue weighted by Gasteiger charge is -2.19. The Kier molecular flexibility index (Phi) is 5.66. The average molecular weight is 175 g/mol. The van der Waals surface area contributed by atoms with E-state index in [-0.39, 0.29) is 12.5 Å². The Bertz CT molecular complexity index is 138. The minimum absolute atomic E-state index is 0.0325. The van der Waals surface area contributed by atoms with Gasteiger partial charge in [-0.25, -0.2) is 0 Å². The van der Waals surface area contributed by atoms with Gasteiger partial charge in [-0.3, -0.25) is 4.79 Å². The number of amides is 1. The fraction of sp³-hybridized carbons (Fsp3) is 0.875. The molecule has 4 heteroatoms. The summed E-state index contributed by atoms with van der Waals surface area (Å²) in [4.78, 5) is 12.5. The number of aliphatic hydroxyl groups is 1. The zero-order valence-corrected chi connectivity index (χ0v) is 7.91. The average Bonchev–Trinajstić information content (AvgIpc) is 2.03. The molecule has 0 saturated heterocycles. The van der Waals surface area contributed by atoms with E-state index < -0.39 is 6.10 Å². The lowest BCUT2D eigenvalue weighted by molar-refractivity contribution is -0.131. The second kappa shape index (κ2) is 5.97. The molecule has 0 aliphatic carbocycles. The third-order valence-electron chi connectivity index (χ3n) is 1.57. The molecule has 4 nitrogen and oxygen atoms in total. The Balaban J connectivity index is 3.67. The molecule has 1 unspecified atom stereocenters. The molecule has 0 rings (SSSR count). The Morgan fingerprint density at radius 1 is 1.67 bits per heavy atom. The molecule has 0 aromatic carbocycles. The van der Waals surface area contributed by atoms with E-state index in [1.807, 2.05) is 0 Å². The summed E-state index contributed by atoms with van der Waals surface area (Å²) in [5.41, 5.74) is 0. The van der Waals surface area contributed by atoms with E-state index in [2.05, 4.69) is 0 Å². The fourth-order valence-electron chi connectivity index (χ4n) is 0.933. The van der Waals surface area contributed by atoms with Gasteiger partial charge in [0.2, 0.25) is 5.91 Å². The van der Waals surface area contributed by atoms with Crippen molar-refractivity contribution in [1.29, 1.82) is 0 Å². The number of carbonyl (C=O) groups excluding carboxylic acids is 1. The Hall–Kier alpha value is -0.610. The van der Waals surface area contributed by atoms with Crippen molar-refractivity contribution in [3.05, 3.63) is 0 Å². The van der Waals surface area contributed by atoms with Crippen molar-refractivity contribution in [2.75, 3.05) is 27.3 Å². The van der Waals surface area contributed by atoms with E-state index in [1.54, 1.807) is 14.0 Å². The molecule has 12 heavy (non-hydrogen) atoms. The molecular formula is C8H17NO3. The first-order valence-electron chi connectivity index (χ1n) is 4.02. The first-order valence-corrected chi connectivity index (χ1v) is 4.02. The van der Waals surface area contributed by atoms with Crippen LogP contribution in [-0.2, 0) is 9.53 Å². The molecule has 72 valence electrons. The van der Waals surface area contributed by atoms with Crippen molar-refractivity contribution in [1.82, 2.24) is 4.90 Å². The van der Waals surface area contributed by atoms with Crippen molar-refractivity contribution < 1.29 is 14.6 Å². The molecular weight excluding hydrogens is 158 g/mol. The number of aliphatic hydroxyl groups excluding tert-OH is 1. The highest BCUT2D eigenvalue weighted by atomic mass is 16.5. The maximum absolute atomic E-state index is 11.0. The molecule has 0 radical (unpaired) electrons. The molecule has 0 heterocycles. The summed E-state index contributed by atoms with van der Waals surface area (Å²) in [5.74, 6) is 0.0325. The second-order valence-corrected chi connectivity index (χ2v) is 2.74. The quantitative estimate of drug-likeness (QED) is 0.633. The van der Waals surface area contributed by atoms with Crippen molar-refractivity contribution in [2.45, 2.75) is 19.4 Å². The van der Waals surface area contributed by atoms with Crippen LogP contribution in [0.4, 0.5) is 0 Å². The van der Waals surface area contributed by atoms with Gasteiger partial charge in [-0.2, -0.15) is 0 Å². The monoisotopic (exact) mass is 175 g/mol. The van der Waals surface area contributed by atoms with Gasteiger partial charge in [0, 0.05) is 27.1 Å². The maximum atomic E-state index is 11.0. The van der Waals surface area contributed by atoms with Gasteiger partial charge < -0.3 is 14.7 Å². The summed E-state index contributed by atoms with van der Waals surface area (Å²) in [6, 6.07) is 0. The molecule has 0 spiro atoms. The third-order valence-corrected chi connectivity index (χ3v) is 1.57. The van der Waals surface area contributed by atoms with Crippen molar-refractivity contribution in [2.24, 2.45) is 0 Å². The van der Waals surface area contributed by atoms with Gasteiger partial charge in [0.05, 0.1) is 12.7 Å². The number of hydrogen-bond acceptors (Lipinski definition) is 3. The highest BCUT2D eigenvalue weighted by molar-refractivity contribution is 5.75. The zero-order valence-electron chi connectivity index (χ0n) is 7.91. The molecule has 0 aliphatic rings. The number of hydrogen-bond donors (Lipinski definition) is 1. The third kappa shape index (κ3) is 4.31. The van der Waals surface area contributed by atoms with Gasteiger partial charge in [-0.05, 0) is 0 Å². The normalized spacial score (nSPS) is 12.7. The van der Waals surface area contributed by atoms with Gasteiger partial charge in [-0.1, -0.05) is 6.92 Å². The molecule has 0 aromatic heterocycles. The molecule has 0 bridgehead atoms. The molecule has 0 aliphatic heterocycles. The number of nitrogens with zero attached hydrogens (tertiary/aromatic N) is 1. The summed E-state index contributed by atoms with van der Waals surface area (Å²) >= 11 is 0. The number of carbonyl (C=O) groups is 1. The van der Waals surface area contributed by atoms with Crippen LogP contribution < -0.4 is 0 Å². The van der Waals surface area contributed by atoms with Crippen molar-refractivity contribution in [3.63, 3.8) is 0 Å². The lowest BCUT2D eigenvalue weighted by Crippen LogP contribution is -2.35. The van der Waals surface area contributed by atoms with E-state index in [9.17, 15) is 9.90 Å². The first kappa shape index (κ1) is 11.4. The fourth-order valence-corrected chi connectivity index (χ4v) is 0.933. The SMILES string of the molecule is CCC(=O)N(C)CC(O)COC. The number of methoxy groups -OCH3 is 1. The van der Waals surface area contributed by atoms with Gasteiger partial charge in [-0.15, -0.1) is 0 Å². The van der Waals surface area contributed by atoms with Crippen LogP contribution in [0.3, 0.4) is 0 Å². The van der Waals surface area contributed by atoms with Crippen LogP contribution in [0.5, 0.6) is 0 Å².